The first-order valence-electron chi connectivity index (χ1n) is 6.96. The molecule has 0 aliphatic rings. The van der Waals surface area contributed by atoms with Crippen LogP contribution < -0.4 is 0 Å². The van der Waals surface area contributed by atoms with Crippen LogP contribution in [0.5, 0.6) is 0 Å². The molecule has 19 heavy (non-hydrogen) atoms. The summed E-state index contributed by atoms with van der Waals surface area (Å²) in [6.45, 7) is 6.57. The zero-order valence-corrected chi connectivity index (χ0v) is 12.8. The number of thioether (sulfide) groups is 1. The van der Waals surface area contributed by atoms with Gasteiger partial charge in [-0.15, -0.1) is 0 Å². The van der Waals surface area contributed by atoms with Crippen LogP contribution >= 0.6 is 11.8 Å². The minimum absolute atomic E-state index is 0.460. The molecule has 0 unspecified atom stereocenters. The first kappa shape index (κ1) is 14.2. The van der Waals surface area contributed by atoms with E-state index < -0.39 is 0 Å². The van der Waals surface area contributed by atoms with Crippen molar-refractivity contribution in [1.29, 1.82) is 0 Å². The summed E-state index contributed by atoms with van der Waals surface area (Å²) in [7, 11) is 0. The molecule has 0 spiro atoms. The van der Waals surface area contributed by atoms with Gasteiger partial charge >= 0.3 is 0 Å². The van der Waals surface area contributed by atoms with Gasteiger partial charge in [-0.05, 0) is 12.0 Å². The molecule has 0 bridgehead atoms. The first-order valence-corrected chi connectivity index (χ1v) is 7.94. The van der Waals surface area contributed by atoms with Gasteiger partial charge < -0.3 is 4.98 Å². The van der Waals surface area contributed by atoms with E-state index in [9.17, 15) is 0 Å². The average Bonchev–Trinajstić information content (AvgIpc) is 2.82. The van der Waals surface area contributed by atoms with Crippen molar-refractivity contribution >= 4 is 11.8 Å². The molecule has 2 nitrogen and oxygen atoms in total. The molecule has 0 saturated carbocycles. The molecule has 0 aliphatic carbocycles. The molecule has 0 radical (unpaired) electrons. The Balaban J connectivity index is 2.10. The van der Waals surface area contributed by atoms with Crippen molar-refractivity contribution in [3.05, 3.63) is 47.4 Å². The van der Waals surface area contributed by atoms with Crippen molar-refractivity contribution in [2.45, 2.75) is 50.3 Å². The van der Waals surface area contributed by atoms with Crippen LogP contribution in [0, 0.1) is 0 Å². The quantitative estimate of drug-likeness (QED) is 0.768. The summed E-state index contributed by atoms with van der Waals surface area (Å²) in [5.74, 6) is 2.56. The van der Waals surface area contributed by atoms with Crippen molar-refractivity contribution < 1.29 is 0 Å². The fourth-order valence-electron chi connectivity index (χ4n) is 1.95. The summed E-state index contributed by atoms with van der Waals surface area (Å²) < 4.78 is 0. The first-order chi connectivity index (χ1) is 9.20. The number of rotatable bonds is 6. The van der Waals surface area contributed by atoms with Gasteiger partial charge in [-0.25, -0.2) is 4.98 Å². The minimum atomic E-state index is 0.460. The Bertz CT molecular complexity index is 503. The van der Waals surface area contributed by atoms with Crippen LogP contribution in [0.1, 0.15) is 50.2 Å². The van der Waals surface area contributed by atoms with E-state index in [4.69, 9.17) is 4.98 Å². The summed E-state index contributed by atoms with van der Waals surface area (Å²) in [6, 6.07) is 10.6. The van der Waals surface area contributed by atoms with Crippen LogP contribution in [-0.4, -0.2) is 9.97 Å². The fraction of sp³-hybridized carbons (Fsp3) is 0.438. The van der Waals surface area contributed by atoms with Gasteiger partial charge in [0.15, 0.2) is 0 Å². The number of hydrogen-bond donors (Lipinski definition) is 1. The van der Waals surface area contributed by atoms with Gasteiger partial charge in [0.25, 0.3) is 0 Å². The predicted molar refractivity (Wildman–Crippen MR) is 82.7 cm³/mol. The molecular weight excluding hydrogens is 252 g/mol. The Morgan fingerprint density at radius 2 is 1.95 bits per heavy atom. The number of benzene rings is 1. The van der Waals surface area contributed by atoms with Crippen LogP contribution in [0.3, 0.4) is 0 Å². The normalized spacial score (nSPS) is 11.2. The second-order valence-corrected chi connectivity index (χ2v) is 6.05. The third kappa shape index (κ3) is 3.87. The number of nitrogens with one attached hydrogen (secondary N) is 1. The topological polar surface area (TPSA) is 28.7 Å². The molecule has 0 saturated heterocycles. The van der Waals surface area contributed by atoms with E-state index in [1.807, 2.05) is 11.8 Å². The lowest BCUT2D eigenvalue weighted by molar-refractivity contribution is 0.782. The largest absolute Gasteiger partial charge is 0.345 e. The summed E-state index contributed by atoms with van der Waals surface area (Å²) in [4.78, 5) is 8.24. The summed E-state index contributed by atoms with van der Waals surface area (Å²) >= 11 is 1.84. The van der Waals surface area contributed by atoms with Crippen LogP contribution in [0.2, 0.25) is 0 Å². The maximum absolute atomic E-state index is 4.75. The van der Waals surface area contributed by atoms with Crippen molar-refractivity contribution in [2.75, 3.05) is 0 Å². The van der Waals surface area contributed by atoms with Gasteiger partial charge in [0.2, 0.25) is 0 Å². The third-order valence-corrected chi connectivity index (χ3v) is 4.11. The van der Waals surface area contributed by atoms with E-state index in [2.05, 4.69) is 56.1 Å². The summed E-state index contributed by atoms with van der Waals surface area (Å²) in [5, 5.41) is 1.18. The third-order valence-electron chi connectivity index (χ3n) is 3.02. The van der Waals surface area contributed by atoms with Gasteiger partial charge in [0, 0.05) is 17.4 Å². The lowest BCUT2D eigenvalue weighted by atomic mass is 10.2. The highest BCUT2D eigenvalue weighted by Crippen LogP contribution is 2.27. The molecule has 0 fully saturated rings. The Morgan fingerprint density at radius 1 is 1.21 bits per heavy atom. The number of aryl methyl sites for hydroxylation is 1. The Morgan fingerprint density at radius 3 is 2.58 bits per heavy atom. The molecule has 3 heteroatoms. The van der Waals surface area contributed by atoms with Gasteiger partial charge in [-0.3, -0.25) is 0 Å². The van der Waals surface area contributed by atoms with Gasteiger partial charge in [-0.2, -0.15) is 0 Å². The Labute approximate surface area is 120 Å². The monoisotopic (exact) mass is 274 g/mol. The fourth-order valence-corrected chi connectivity index (χ4v) is 2.94. The molecule has 1 aromatic heterocycles. The van der Waals surface area contributed by atoms with E-state index >= 15 is 0 Å². The van der Waals surface area contributed by atoms with Gasteiger partial charge in [0.1, 0.15) is 10.9 Å². The average molecular weight is 274 g/mol. The molecule has 102 valence electrons. The van der Waals surface area contributed by atoms with Crippen LogP contribution in [0.15, 0.2) is 35.4 Å². The highest BCUT2D eigenvalue weighted by molar-refractivity contribution is 7.98. The van der Waals surface area contributed by atoms with E-state index in [0.717, 1.165) is 24.4 Å². The number of nitrogens with zero attached hydrogens (tertiary/aromatic N) is 1. The van der Waals surface area contributed by atoms with E-state index in [1.54, 1.807) is 0 Å². The number of hydrogen-bond acceptors (Lipinski definition) is 2. The molecule has 0 atom stereocenters. The number of H-pyrrole nitrogens is 1. The summed E-state index contributed by atoms with van der Waals surface area (Å²) in [5.41, 5.74) is 2.65. The molecule has 1 heterocycles. The maximum atomic E-state index is 4.75. The molecule has 2 aromatic rings. The standard InChI is InChI=1S/C16H22N2S/c1-4-8-14-16(18-15(17-14)12(2)3)19-11-13-9-6-5-7-10-13/h5-7,9-10,12H,4,8,11H2,1-3H3,(H,17,18). The summed E-state index contributed by atoms with van der Waals surface area (Å²) in [6.07, 6.45) is 2.23. The lowest BCUT2D eigenvalue weighted by Gasteiger charge is -2.01. The SMILES string of the molecule is CCCc1[nH]c(C(C)C)nc1SCc1ccccc1. The second-order valence-electron chi connectivity index (χ2n) is 5.08. The van der Waals surface area contributed by atoms with E-state index in [1.165, 1.54) is 16.3 Å². The van der Waals surface area contributed by atoms with Crippen molar-refractivity contribution in [3.8, 4) is 0 Å². The van der Waals surface area contributed by atoms with Crippen LogP contribution in [-0.2, 0) is 12.2 Å². The van der Waals surface area contributed by atoms with Gasteiger partial charge in [0.05, 0.1) is 0 Å². The minimum Gasteiger partial charge on any atom is -0.345 e. The van der Waals surface area contributed by atoms with Crippen LogP contribution in [0.4, 0.5) is 0 Å². The molecule has 0 aliphatic heterocycles. The molecule has 1 N–H and O–H groups in total. The molecule has 1 aromatic carbocycles. The predicted octanol–water partition coefficient (Wildman–Crippen LogP) is 4.78. The van der Waals surface area contributed by atoms with E-state index in [0.29, 0.717) is 5.92 Å². The van der Waals surface area contributed by atoms with Gasteiger partial charge in [-0.1, -0.05) is 69.3 Å². The number of aromatic nitrogens is 2. The highest BCUT2D eigenvalue weighted by atomic mass is 32.2. The van der Waals surface area contributed by atoms with Crippen LogP contribution in [0.25, 0.3) is 0 Å². The number of aromatic amines is 1. The van der Waals surface area contributed by atoms with Crippen molar-refractivity contribution in [2.24, 2.45) is 0 Å². The Hall–Kier alpha value is -1.22. The molecular formula is C16H22N2S. The highest BCUT2D eigenvalue weighted by Gasteiger charge is 2.12. The molecule has 2 rings (SSSR count). The molecule has 0 amide bonds. The zero-order valence-electron chi connectivity index (χ0n) is 11.9. The maximum Gasteiger partial charge on any atom is 0.118 e. The van der Waals surface area contributed by atoms with E-state index in [-0.39, 0.29) is 0 Å². The van der Waals surface area contributed by atoms with Crippen molar-refractivity contribution in [3.63, 3.8) is 0 Å². The smallest absolute Gasteiger partial charge is 0.118 e. The Kier molecular flexibility index (Phi) is 5.08. The lowest BCUT2D eigenvalue weighted by Crippen LogP contribution is -1.90. The number of imidazole rings is 1. The second kappa shape index (κ2) is 6.80. The van der Waals surface area contributed by atoms with Crippen molar-refractivity contribution in [1.82, 2.24) is 9.97 Å². The zero-order chi connectivity index (χ0) is 13.7.